The van der Waals surface area contributed by atoms with Crippen LogP contribution in [-0.2, 0) is 6.42 Å². The second kappa shape index (κ2) is 6.84. The minimum Gasteiger partial charge on any atom is -0.489 e. The highest BCUT2D eigenvalue weighted by atomic mass is 32.1. The van der Waals surface area contributed by atoms with Crippen LogP contribution in [0.1, 0.15) is 35.6 Å². The Morgan fingerprint density at radius 2 is 2.10 bits per heavy atom. The van der Waals surface area contributed by atoms with Crippen molar-refractivity contribution in [3.63, 3.8) is 0 Å². The van der Waals surface area contributed by atoms with Gasteiger partial charge in [0, 0.05) is 24.4 Å². The van der Waals surface area contributed by atoms with Crippen LogP contribution >= 0.6 is 11.3 Å². The van der Waals surface area contributed by atoms with Crippen molar-refractivity contribution >= 4 is 39.3 Å². The van der Waals surface area contributed by atoms with Gasteiger partial charge in [-0.2, -0.15) is 0 Å². The third-order valence-electron chi connectivity index (χ3n) is 5.23. The average molecular weight is 407 g/mol. The molecule has 3 aromatic rings. The van der Waals surface area contributed by atoms with E-state index in [1.807, 2.05) is 30.3 Å². The number of ketones is 1. The maximum absolute atomic E-state index is 12.6. The summed E-state index contributed by atoms with van der Waals surface area (Å²) in [6, 6.07) is 9.93. The molecule has 148 valence electrons. The van der Waals surface area contributed by atoms with E-state index < -0.39 is 0 Å². The topological polar surface area (TPSA) is 67.3 Å². The molecule has 5 rings (SSSR count). The number of carbonyl (C=O) groups excluding carboxylic acids is 1. The number of aromatic nitrogens is 2. The molecule has 0 amide bonds. The molecule has 0 radical (unpaired) electrons. The average Bonchev–Trinajstić information content (AvgIpc) is 3.11. The van der Waals surface area contributed by atoms with Crippen LogP contribution in [0.15, 0.2) is 42.7 Å². The van der Waals surface area contributed by atoms with Crippen LogP contribution in [0.4, 0.5) is 22.2 Å². The normalized spacial score (nSPS) is 17.3. The first-order valence-electron chi connectivity index (χ1n) is 9.73. The molecule has 2 aromatic heterocycles. The van der Waals surface area contributed by atoms with E-state index in [9.17, 15) is 4.79 Å². The maximum atomic E-state index is 12.6. The van der Waals surface area contributed by atoms with Crippen molar-refractivity contribution in [3.8, 4) is 5.75 Å². The molecule has 1 aliphatic heterocycles. The maximum Gasteiger partial charge on any atom is 0.190 e. The lowest BCUT2D eigenvalue weighted by atomic mass is 9.78. The van der Waals surface area contributed by atoms with E-state index in [0.717, 1.165) is 44.9 Å². The van der Waals surface area contributed by atoms with E-state index in [-0.39, 0.29) is 11.2 Å². The SMILES string of the molecule is CC1(C)CC(=O)c2sc(N3CCOc4cc(Nc5cccnc5)ccc43)nc2C1. The molecule has 0 saturated carbocycles. The van der Waals surface area contributed by atoms with Gasteiger partial charge < -0.3 is 15.0 Å². The standard InChI is InChI=1S/C22H22N4O2S/c1-22(2)11-16-20(18(27)12-22)29-21(25-16)26-8-9-28-19-10-14(5-6-17(19)26)24-15-4-3-7-23-13-15/h3-7,10,13,24H,8-9,11-12H2,1-2H3. The van der Waals surface area contributed by atoms with Crippen molar-refractivity contribution in [2.24, 2.45) is 5.41 Å². The van der Waals surface area contributed by atoms with Crippen molar-refractivity contribution in [1.82, 2.24) is 9.97 Å². The number of anilines is 4. The minimum absolute atomic E-state index is 0.0226. The van der Waals surface area contributed by atoms with Gasteiger partial charge in [0.05, 0.1) is 34.7 Å². The molecular formula is C22H22N4O2S. The van der Waals surface area contributed by atoms with Crippen LogP contribution in [0.5, 0.6) is 5.75 Å². The summed E-state index contributed by atoms with van der Waals surface area (Å²) >= 11 is 1.51. The first-order chi connectivity index (χ1) is 14.0. The van der Waals surface area contributed by atoms with E-state index in [0.29, 0.717) is 19.6 Å². The Labute approximate surface area is 173 Å². The minimum atomic E-state index is -0.0226. The first-order valence-corrected chi connectivity index (χ1v) is 10.5. The number of rotatable bonds is 3. The third-order valence-corrected chi connectivity index (χ3v) is 6.39. The number of hydrogen-bond donors (Lipinski definition) is 1. The number of hydrogen-bond acceptors (Lipinski definition) is 7. The number of fused-ring (bicyclic) bond motifs is 2. The van der Waals surface area contributed by atoms with Crippen LogP contribution < -0.4 is 15.0 Å². The van der Waals surface area contributed by atoms with Crippen molar-refractivity contribution in [2.75, 3.05) is 23.4 Å². The van der Waals surface area contributed by atoms with Gasteiger partial charge in [-0.3, -0.25) is 9.78 Å². The van der Waals surface area contributed by atoms with Gasteiger partial charge in [-0.15, -0.1) is 0 Å². The Balaban J connectivity index is 1.45. The summed E-state index contributed by atoms with van der Waals surface area (Å²) in [6.07, 6.45) is 4.96. The van der Waals surface area contributed by atoms with Gasteiger partial charge in [0.15, 0.2) is 10.9 Å². The van der Waals surface area contributed by atoms with E-state index in [2.05, 4.69) is 29.0 Å². The molecule has 29 heavy (non-hydrogen) atoms. The highest BCUT2D eigenvalue weighted by molar-refractivity contribution is 7.17. The Bertz CT molecular complexity index is 1080. The lowest BCUT2D eigenvalue weighted by Crippen LogP contribution is -2.28. The fourth-order valence-corrected chi connectivity index (χ4v) is 4.98. The molecule has 0 saturated heterocycles. The predicted octanol–water partition coefficient (Wildman–Crippen LogP) is 4.97. The zero-order valence-electron chi connectivity index (χ0n) is 16.4. The molecule has 3 heterocycles. The monoisotopic (exact) mass is 406 g/mol. The molecule has 1 N–H and O–H groups in total. The van der Waals surface area contributed by atoms with E-state index >= 15 is 0 Å². The first kappa shape index (κ1) is 18.1. The Kier molecular flexibility index (Phi) is 4.28. The highest BCUT2D eigenvalue weighted by Crippen LogP contribution is 2.44. The van der Waals surface area contributed by atoms with Gasteiger partial charge >= 0.3 is 0 Å². The summed E-state index contributed by atoms with van der Waals surface area (Å²) in [5.74, 6) is 1.02. The van der Waals surface area contributed by atoms with Gasteiger partial charge in [-0.25, -0.2) is 4.98 Å². The molecule has 2 aliphatic rings. The van der Waals surface area contributed by atoms with Crippen LogP contribution in [0.25, 0.3) is 0 Å². The summed E-state index contributed by atoms with van der Waals surface area (Å²) in [4.78, 5) is 24.5. The molecule has 1 aliphatic carbocycles. The Morgan fingerprint density at radius 3 is 2.93 bits per heavy atom. The van der Waals surface area contributed by atoms with Crippen LogP contribution in [-0.4, -0.2) is 28.9 Å². The Hall–Kier alpha value is -2.93. The number of ether oxygens (including phenoxy) is 1. The van der Waals surface area contributed by atoms with Gasteiger partial charge in [0.2, 0.25) is 0 Å². The summed E-state index contributed by atoms with van der Waals surface area (Å²) in [5, 5.41) is 4.22. The zero-order valence-corrected chi connectivity index (χ0v) is 17.3. The van der Waals surface area contributed by atoms with Gasteiger partial charge in [0.1, 0.15) is 12.4 Å². The summed E-state index contributed by atoms with van der Waals surface area (Å²) in [7, 11) is 0. The molecule has 1 aromatic carbocycles. The van der Waals surface area contributed by atoms with Crippen molar-refractivity contribution < 1.29 is 9.53 Å². The van der Waals surface area contributed by atoms with Crippen molar-refractivity contribution in [1.29, 1.82) is 0 Å². The largest absolute Gasteiger partial charge is 0.489 e. The lowest BCUT2D eigenvalue weighted by molar-refractivity contribution is 0.0916. The summed E-state index contributed by atoms with van der Waals surface area (Å²) in [5.41, 5.74) is 3.76. The fraction of sp³-hybridized carbons (Fsp3) is 0.318. The van der Waals surface area contributed by atoms with Crippen LogP contribution in [0, 0.1) is 5.41 Å². The Morgan fingerprint density at radius 1 is 1.21 bits per heavy atom. The van der Waals surface area contributed by atoms with E-state index in [1.54, 1.807) is 12.4 Å². The van der Waals surface area contributed by atoms with Crippen molar-refractivity contribution in [2.45, 2.75) is 26.7 Å². The van der Waals surface area contributed by atoms with Gasteiger partial charge in [-0.05, 0) is 36.1 Å². The van der Waals surface area contributed by atoms with Crippen molar-refractivity contribution in [3.05, 3.63) is 53.3 Å². The zero-order chi connectivity index (χ0) is 20.0. The fourth-order valence-electron chi connectivity index (χ4n) is 3.92. The second-order valence-corrected chi connectivity index (χ2v) is 9.24. The molecule has 0 fully saturated rings. The van der Waals surface area contributed by atoms with E-state index in [1.165, 1.54) is 11.3 Å². The molecule has 0 spiro atoms. The number of nitrogens with zero attached hydrogens (tertiary/aromatic N) is 3. The number of benzene rings is 1. The summed E-state index contributed by atoms with van der Waals surface area (Å²) in [6.45, 7) is 5.56. The number of Topliss-reactive ketones (excluding diaryl/α,β-unsaturated/α-hetero) is 1. The lowest BCUT2D eigenvalue weighted by Gasteiger charge is -2.29. The highest BCUT2D eigenvalue weighted by Gasteiger charge is 2.35. The van der Waals surface area contributed by atoms with E-state index in [4.69, 9.17) is 9.72 Å². The molecular weight excluding hydrogens is 384 g/mol. The molecule has 0 atom stereocenters. The number of carbonyl (C=O) groups is 1. The number of nitrogens with one attached hydrogen (secondary N) is 1. The predicted molar refractivity (Wildman–Crippen MR) is 115 cm³/mol. The quantitative estimate of drug-likeness (QED) is 0.663. The van der Waals surface area contributed by atoms with Crippen LogP contribution in [0.3, 0.4) is 0 Å². The molecule has 6 nitrogen and oxygen atoms in total. The third kappa shape index (κ3) is 3.46. The smallest absolute Gasteiger partial charge is 0.190 e. The number of thiazole rings is 1. The second-order valence-electron chi connectivity index (χ2n) is 8.26. The van der Waals surface area contributed by atoms with Gasteiger partial charge in [-0.1, -0.05) is 25.2 Å². The van der Waals surface area contributed by atoms with Crippen LogP contribution in [0.2, 0.25) is 0 Å². The van der Waals surface area contributed by atoms with Gasteiger partial charge in [0.25, 0.3) is 0 Å². The molecule has 0 unspecified atom stereocenters. The number of pyridine rings is 1. The molecule has 0 bridgehead atoms. The molecule has 7 heteroatoms. The summed E-state index contributed by atoms with van der Waals surface area (Å²) < 4.78 is 5.92.